The van der Waals surface area contributed by atoms with E-state index in [1.165, 1.54) is 4.57 Å². The highest BCUT2D eigenvalue weighted by Gasteiger charge is 2.12. The maximum atomic E-state index is 11.4. The van der Waals surface area contributed by atoms with Crippen LogP contribution < -0.4 is 11.5 Å². The Hall–Kier alpha value is -2.02. The second kappa shape index (κ2) is 3.74. The van der Waals surface area contributed by atoms with Gasteiger partial charge in [0.25, 0.3) is 0 Å². The second-order valence-electron chi connectivity index (χ2n) is 3.91. The summed E-state index contributed by atoms with van der Waals surface area (Å²) in [7, 11) is 1.66. The molecule has 0 aliphatic heterocycles. The summed E-state index contributed by atoms with van der Waals surface area (Å²) in [6.45, 7) is 0. The Morgan fingerprint density at radius 1 is 1.50 bits per heavy atom. The quantitative estimate of drug-likeness (QED) is 0.718. The first-order valence-corrected chi connectivity index (χ1v) is 5.96. The van der Waals surface area contributed by atoms with Crippen LogP contribution in [0, 0.1) is 0 Å². The zero-order chi connectivity index (χ0) is 12.9. The van der Waals surface area contributed by atoms with E-state index in [9.17, 15) is 4.79 Å². The average molecular weight is 309 g/mol. The van der Waals surface area contributed by atoms with Crippen LogP contribution in [0.4, 0.5) is 5.82 Å². The highest BCUT2D eigenvalue weighted by atomic mass is 79.9. The van der Waals surface area contributed by atoms with Gasteiger partial charge in [-0.25, -0.2) is 4.79 Å². The molecule has 2 heterocycles. The van der Waals surface area contributed by atoms with Gasteiger partial charge in [0.05, 0.1) is 15.7 Å². The van der Waals surface area contributed by atoms with Gasteiger partial charge in [0.15, 0.2) is 11.4 Å². The number of aromatic nitrogens is 3. The molecule has 92 valence electrons. The van der Waals surface area contributed by atoms with Gasteiger partial charge >= 0.3 is 5.76 Å². The highest BCUT2D eigenvalue weighted by Crippen LogP contribution is 2.31. The number of hydrogen-bond donors (Lipinski definition) is 2. The summed E-state index contributed by atoms with van der Waals surface area (Å²) in [6, 6.07) is 5.46. The van der Waals surface area contributed by atoms with Crippen LogP contribution in [0.15, 0.2) is 31.9 Å². The van der Waals surface area contributed by atoms with Gasteiger partial charge in [-0.05, 0) is 28.1 Å². The topological polar surface area (TPSA) is 89.8 Å². The van der Waals surface area contributed by atoms with E-state index in [0.717, 1.165) is 16.8 Å². The lowest BCUT2D eigenvalue weighted by atomic mass is 10.1. The summed E-state index contributed by atoms with van der Waals surface area (Å²) >= 11 is 3.35. The maximum Gasteiger partial charge on any atom is 0.419 e. The van der Waals surface area contributed by atoms with E-state index in [1.807, 2.05) is 12.1 Å². The summed E-state index contributed by atoms with van der Waals surface area (Å²) in [6.07, 6.45) is 0. The number of oxazole rings is 1. The van der Waals surface area contributed by atoms with Crippen molar-refractivity contribution in [3.05, 3.63) is 33.2 Å². The van der Waals surface area contributed by atoms with Crippen molar-refractivity contribution in [3.63, 3.8) is 0 Å². The van der Waals surface area contributed by atoms with Gasteiger partial charge in [-0.3, -0.25) is 9.67 Å². The predicted octanol–water partition coefficient (Wildman–Crippen LogP) is 1.87. The molecule has 0 aliphatic rings. The average Bonchev–Trinajstić information content (AvgIpc) is 2.82. The van der Waals surface area contributed by atoms with Crippen LogP contribution in [0.2, 0.25) is 0 Å². The first-order valence-electron chi connectivity index (χ1n) is 5.17. The zero-order valence-corrected chi connectivity index (χ0v) is 11.0. The molecule has 6 nitrogen and oxygen atoms in total. The molecule has 0 saturated carbocycles. The molecule has 0 saturated heterocycles. The van der Waals surface area contributed by atoms with E-state index in [1.54, 1.807) is 13.1 Å². The fourth-order valence-corrected chi connectivity index (χ4v) is 2.23. The summed E-state index contributed by atoms with van der Waals surface area (Å²) in [4.78, 5) is 11.4. The van der Waals surface area contributed by atoms with E-state index in [-0.39, 0.29) is 5.76 Å². The summed E-state index contributed by atoms with van der Waals surface area (Å²) in [5.41, 5.74) is 8.51. The van der Waals surface area contributed by atoms with Crippen LogP contribution in [0.25, 0.3) is 22.4 Å². The van der Waals surface area contributed by atoms with E-state index in [2.05, 4.69) is 26.1 Å². The van der Waals surface area contributed by atoms with Gasteiger partial charge in [-0.1, -0.05) is 6.07 Å². The molecule has 1 aromatic carbocycles. The molecule has 0 amide bonds. The Morgan fingerprint density at radius 3 is 2.94 bits per heavy atom. The summed E-state index contributed by atoms with van der Waals surface area (Å²) < 4.78 is 7.28. The van der Waals surface area contributed by atoms with Gasteiger partial charge in [0, 0.05) is 12.6 Å². The number of nitrogens with one attached hydrogen (secondary N) is 1. The van der Waals surface area contributed by atoms with Crippen molar-refractivity contribution >= 4 is 32.8 Å². The number of nitrogen functional groups attached to an aromatic ring is 1. The molecule has 0 unspecified atom stereocenters. The number of H-pyrrole nitrogens is 1. The molecule has 0 fully saturated rings. The van der Waals surface area contributed by atoms with Crippen molar-refractivity contribution < 1.29 is 4.42 Å². The van der Waals surface area contributed by atoms with Crippen molar-refractivity contribution in [2.45, 2.75) is 0 Å². The molecule has 3 N–H and O–H groups in total. The molecule has 0 bridgehead atoms. The number of aryl methyl sites for hydroxylation is 1. The Morgan fingerprint density at radius 2 is 2.28 bits per heavy atom. The fourth-order valence-electron chi connectivity index (χ4n) is 1.82. The van der Waals surface area contributed by atoms with Crippen molar-refractivity contribution in [1.82, 2.24) is 14.8 Å². The molecule has 18 heavy (non-hydrogen) atoms. The minimum atomic E-state index is -0.384. The van der Waals surface area contributed by atoms with Gasteiger partial charge < -0.3 is 10.2 Å². The molecule has 0 spiro atoms. The first kappa shape index (κ1) is 11.1. The van der Waals surface area contributed by atoms with E-state index < -0.39 is 0 Å². The van der Waals surface area contributed by atoms with Gasteiger partial charge in [-0.15, -0.1) is 0 Å². The number of hydrogen-bond acceptors (Lipinski definition) is 4. The second-order valence-corrected chi connectivity index (χ2v) is 4.70. The maximum absolute atomic E-state index is 11.4. The van der Waals surface area contributed by atoms with E-state index in [0.29, 0.717) is 15.9 Å². The van der Waals surface area contributed by atoms with Crippen LogP contribution in [-0.2, 0) is 7.05 Å². The third kappa shape index (κ3) is 1.47. The number of rotatable bonds is 1. The summed E-state index contributed by atoms with van der Waals surface area (Å²) in [5.74, 6) is 0.00458. The van der Waals surface area contributed by atoms with Crippen molar-refractivity contribution in [3.8, 4) is 11.3 Å². The number of anilines is 1. The lowest BCUT2D eigenvalue weighted by molar-refractivity contribution is 0.528. The zero-order valence-electron chi connectivity index (χ0n) is 9.40. The van der Waals surface area contributed by atoms with Gasteiger partial charge in [0.2, 0.25) is 0 Å². The van der Waals surface area contributed by atoms with Crippen LogP contribution in [0.5, 0.6) is 0 Å². The van der Waals surface area contributed by atoms with E-state index in [4.69, 9.17) is 10.2 Å². The lowest BCUT2D eigenvalue weighted by Gasteiger charge is -1.99. The number of nitrogens with two attached hydrogens (primary N) is 1. The molecule has 7 heteroatoms. The molecule has 3 rings (SSSR count). The smallest absolute Gasteiger partial charge is 0.408 e. The van der Waals surface area contributed by atoms with Crippen molar-refractivity contribution in [2.75, 3.05) is 5.73 Å². The van der Waals surface area contributed by atoms with E-state index >= 15 is 0 Å². The molecule has 0 atom stereocenters. The minimum absolute atomic E-state index is 0.384. The van der Waals surface area contributed by atoms with Gasteiger partial charge in [0.1, 0.15) is 0 Å². The SMILES string of the molecule is Cn1c(=O)oc2cc(-c3[nH]nc(N)c3Br)ccc21. The number of aromatic amines is 1. The fraction of sp³-hybridized carbons (Fsp3) is 0.0909. The number of fused-ring (bicyclic) bond motifs is 1. The normalized spacial score (nSPS) is 11.2. The Balaban J connectivity index is 2.25. The van der Waals surface area contributed by atoms with Crippen LogP contribution in [0.1, 0.15) is 0 Å². The van der Waals surface area contributed by atoms with Crippen LogP contribution in [0.3, 0.4) is 0 Å². The molecule has 0 aliphatic carbocycles. The number of benzene rings is 1. The van der Waals surface area contributed by atoms with Crippen LogP contribution >= 0.6 is 15.9 Å². The first-order chi connectivity index (χ1) is 8.58. The lowest BCUT2D eigenvalue weighted by Crippen LogP contribution is -2.08. The van der Waals surface area contributed by atoms with Crippen molar-refractivity contribution in [2.24, 2.45) is 7.05 Å². The van der Waals surface area contributed by atoms with Gasteiger partial charge in [-0.2, -0.15) is 5.10 Å². The third-order valence-electron chi connectivity index (χ3n) is 2.81. The summed E-state index contributed by atoms with van der Waals surface area (Å²) in [5, 5.41) is 6.73. The molecule has 2 aromatic heterocycles. The van der Waals surface area contributed by atoms with Crippen molar-refractivity contribution in [1.29, 1.82) is 0 Å². The van der Waals surface area contributed by atoms with Crippen LogP contribution in [-0.4, -0.2) is 14.8 Å². The number of nitrogens with zero attached hydrogens (tertiary/aromatic N) is 2. The third-order valence-corrected chi connectivity index (χ3v) is 3.62. The Labute approximate surface area is 110 Å². The Bertz CT molecular complexity index is 799. The molecule has 0 radical (unpaired) electrons. The standard InChI is InChI=1S/C11H9BrN4O2/c1-16-6-3-2-5(4-7(6)18-11(16)17)9-8(12)10(13)15-14-9/h2-4H,1H3,(H3,13,14,15). The molecule has 3 aromatic rings. The predicted molar refractivity (Wildman–Crippen MR) is 71.1 cm³/mol. The monoisotopic (exact) mass is 308 g/mol. The Kier molecular flexibility index (Phi) is 2.30. The highest BCUT2D eigenvalue weighted by molar-refractivity contribution is 9.10. The number of halogens is 1. The minimum Gasteiger partial charge on any atom is -0.408 e. The molecular formula is C11H9BrN4O2. The largest absolute Gasteiger partial charge is 0.419 e. The molecular weight excluding hydrogens is 300 g/mol.